The normalized spacial score (nSPS) is 17.2. The van der Waals surface area contributed by atoms with Gasteiger partial charge in [0.05, 0.1) is 19.1 Å². The molecule has 2 rings (SSSR count). The van der Waals surface area contributed by atoms with Gasteiger partial charge in [-0.1, -0.05) is 32.0 Å². The molecule has 4 nitrogen and oxygen atoms in total. The summed E-state index contributed by atoms with van der Waals surface area (Å²) in [7, 11) is 0. The summed E-state index contributed by atoms with van der Waals surface area (Å²) in [6.45, 7) is 10.5. The van der Waals surface area contributed by atoms with Crippen molar-refractivity contribution in [3.05, 3.63) is 29.8 Å². The van der Waals surface area contributed by atoms with Crippen molar-refractivity contribution in [2.75, 3.05) is 32.8 Å². The Morgan fingerprint density at radius 2 is 1.96 bits per heavy atom. The number of likely N-dealkylation sites (tertiary alicyclic amines) is 1. The van der Waals surface area contributed by atoms with Crippen molar-refractivity contribution in [3.63, 3.8) is 0 Å². The van der Waals surface area contributed by atoms with E-state index < -0.39 is 0 Å². The molecule has 0 saturated carbocycles. The first kappa shape index (κ1) is 19.8. The van der Waals surface area contributed by atoms with Crippen LogP contribution in [0.4, 0.5) is 0 Å². The molecule has 25 heavy (non-hydrogen) atoms. The molecule has 0 radical (unpaired) electrons. The van der Waals surface area contributed by atoms with Gasteiger partial charge < -0.3 is 14.4 Å². The fourth-order valence-electron chi connectivity index (χ4n) is 3.36. The molecule has 0 bridgehead atoms. The number of esters is 1. The molecule has 1 saturated heterocycles. The Labute approximate surface area is 152 Å². The van der Waals surface area contributed by atoms with Crippen molar-refractivity contribution in [1.29, 1.82) is 0 Å². The lowest BCUT2D eigenvalue weighted by Crippen LogP contribution is -2.37. The van der Waals surface area contributed by atoms with E-state index >= 15 is 0 Å². The number of ether oxygens (including phenoxy) is 2. The van der Waals surface area contributed by atoms with E-state index in [1.807, 2.05) is 13.0 Å². The summed E-state index contributed by atoms with van der Waals surface area (Å²) in [6.07, 6.45) is 3.96. The average molecular weight is 347 g/mol. The van der Waals surface area contributed by atoms with Crippen LogP contribution in [0.3, 0.4) is 0 Å². The highest BCUT2D eigenvalue weighted by Gasteiger charge is 2.25. The highest BCUT2D eigenvalue weighted by Crippen LogP contribution is 2.28. The number of hydrogen-bond donors (Lipinski definition) is 0. The highest BCUT2D eigenvalue weighted by atomic mass is 16.5. The molecule has 1 aromatic rings. The first-order valence-electron chi connectivity index (χ1n) is 9.76. The largest absolute Gasteiger partial charge is 0.493 e. The van der Waals surface area contributed by atoms with Crippen molar-refractivity contribution in [1.82, 2.24) is 4.90 Å². The Balaban J connectivity index is 1.68. The maximum Gasteiger partial charge on any atom is 0.309 e. The molecule has 4 heteroatoms. The molecule has 0 N–H and O–H groups in total. The van der Waals surface area contributed by atoms with Gasteiger partial charge >= 0.3 is 5.97 Å². The molecule has 140 valence electrons. The second kappa shape index (κ2) is 10.4. The van der Waals surface area contributed by atoms with Crippen LogP contribution < -0.4 is 4.74 Å². The minimum atomic E-state index is -0.0212. The van der Waals surface area contributed by atoms with Crippen LogP contribution in [0.1, 0.15) is 57.9 Å². The van der Waals surface area contributed by atoms with E-state index in [2.05, 4.69) is 36.9 Å². The third-order valence-corrected chi connectivity index (χ3v) is 5.15. The molecule has 1 aliphatic rings. The van der Waals surface area contributed by atoms with Gasteiger partial charge in [-0.2, -0.15) is 0 Å². The standard InChI is InChI=1S/C21H33NO3/c1-4-17(3)19-9-6-7-10-20(19)25-16-8-13-22-14-11-18(12-15-22)21(23)24-5-2/h6-7,9-10,17-18H,4-5,8,11-16H2,1-3H3. The second-order valence-corrected chi connectivity index (χ2v) is 6.92. The Bertz CT molecular complexity index is 524. The number of para-hydroxylation sites is 1. The molecule has 1 aliphatic heterocycles. The fraction of sp³-hybridized carbons (Fsp3) is 0.667. The van der Waals surface area contributed by atoms with Gasteiger partial charge in [0.2, 0.25) is 0 Å². The third kappa shape index (κ3) is 6.03. The van der Waals surface area contributed by atoms with Gasteiger partial charge in [0.25, 0.3) is 0 Å². The summed E-state index contributed by atoms with van der Waals surface area (Å²) in [4.78, 5) is 14.2. The van der Waals surface area contributed by atoms with Crippen LogP contribution in [0.2, 0.25) is 0 Å². The Morgan fingerprint density at radius 1 is 1.24 bits per heavy atom. The van der Waals surface area contributed by atoms with Crippen molar-refractivity contribution >= 4 is 5.97 Å². The van der Waals surface area contributed by atoms with Gasteiger partial charge in [0.15, 0.2) is 0 Å². The first-order valence-corrected chi connectivity index (χ1v) is 9.76. The maximum absolute atomic E-state index is 11.8. The monoisotopic (exact) mass is 347 g/mol. The maximum atomic E-state index is 11.8. The molecule has 1 heterocycles. The lowest BCUT2D eigenvalue weighted by molar-refractivity contribution is -0.149. The summed E-state index contributed by atoms with van der Waals surface area (Å²) in [5.74, 6) is 1.62. The molecular formula is C21H33NO3. The summed E-state index contributed by atoms with van der Waals surface area (Å²) < 4.78 is 11.2. The lowest BCUT2D eigenvalue weighted by atomic mass is 9.97. The quantitative estimate of drug-likeness (QED) is 0.495. The van der Waals surface area contributed by atoms with Crippen LogP contribution in [0.5, 0.6) is 5.75 Å². The zero-order valence-corrected chi connectivity index (χ0v) is 16.0. The van der Waals surface area contributed by atoms with Crippen LogP contribution in [0, 0.1) is 5.92 Å². The summed E-state index contributed by atoms with van der Waals surface area (Å²) in [6, 6.07) is 8.37. The van der Waals surface area contributed by atoms with Crippen molar-refractivity contribution in [2.45, 2.75) is 52.4 Å². The molecule has 0 amide bonds. The zero-order valence-electron chi connectivity index (χ0n) is 16.0. The Morgan fingerprint density at radius 3 is 2.64 bits per heavy atom. The predicted octanol–water partition coefficient (Wildman–Crippen LogP) is 4.24. The van der Waals surface area contributed by atoms with Gasteiger partial charge in [0, 0.05) is 6.54 Å². The van der Waals surface area contributed by atoms with Crippen molar-refractivity contribution in [3.8, 4) is 5.75 Å². The number of benzene rings is 1. The van der Waals surface area contributed by atoms with E-state index in [0.717, 1.165) is 57.7 Å². The number of nitrogens with zero attached hydrogens (tertiary/aromatic N) is 1. The smallest absolute Gasteiger partial charge is 0.309 e. The number of carbonyl (C=O) groups is 1. The van der Waals surface area contributed by atoms with E-state index in [1.165, 1.54) is 5.56 Å². The Kier molecular flexibility index (Phi) is 8.26. The van der Waals surface area contributed by atoms with Crippen LogP contribution in [0.25, 0.3) is 0 Å². The van der Waals surface area contributed by atoms with Crippen molar-refractivity contribution < 1.29 is 14.3 Å². The van der Waals surface area contributed by atoms with Crippen molar-refractivity contribution in [2.24, 2.45) is 5.92 Å². The van der Waals surface area contributed by atoms with E-state index in [9.17, 15) is 4.79 Å². The molecular weight excluding hydrogens is 314 g/mol. The molecule has 0 aromatic heterocycles. The Hall–Kier alpha value is -1.55. The SMILES string of the molecule is CCOC(=O)C1CCN(CCCOc2ccccc2C(C)CC)CC1. The van der Waals surface area contributed by atoms with Gasteiger partial charge in [-0.05, 0) is 63.2 Å². The van der Waals surface area contributed by atoms with Crippen LogP contribution in [-0.2, 0) is 9.53 Å². The molecule has 0 aliphatic carbocycles. The summed E-state index contributed by atoms with van der Waals surface area (Å²) >= 11 is 0. The minimum Gasteiger partial charge on any atom is -0.493 e. The number of piperidine rings is 1. The topological polar surface area (TPSA) is 38.8 Å². The first-order chi connectivity index (χ1) is 12.2. The van der Waals surface area contributed by atoms with Gasteiger partial charge in [-0.25, -0.2) is 0 Å². The minimum absolute atomic E-state index is 0.0212. The summed E-state index contributed by atoms with van der Waals surface area (Å²) in [5.41, 5.74) is 1.31. The molecule has 1 fully saturated rings. The lowest BCUT2D eigenvalue weighted by Gasteiger charge is -2.30. The second-order valence-electron chi connectivity index (χ2n) is 6.92. The predicted molar refractivity (Wildman–Crippen MR) is 101 cm³/mol. The molecule has 1 aromatic carbocycles. The van der Waals surface area contributed by atoms with Crippen LogP contribution in [0.15, 0.2) is 24.3 Å². The molecule has 1 atom stereocenters. The number of hydrogen-bond acceptors (Lipinski definition) is 4. The fourth-order valence-corrected chi connectivity index (χ4v) is 3.36. The van der Waals surface area contributed by atoms with E-state index in [4.69, 9.17) is 9.47 Å². The van der Waals surface area contributed by atoms with Crippen LogP contribution >= 0.6 is 0 Å². The highest BCUT2D eigenvalue weighted by molar-refractivity contribution is 5.72. The molecule has 1 unspecified atom stereocenters. The summed E-state index contributed by atoms with van der Waals surface area (Å²) in [5, 5.41) is 0. The van der Waals surface area contributed by atoms with E-state index in [-0.39, 0.29) is 11.9 Å². The number of rotatable bonds is 9. The van der Waals surface area contributed by atoms with Crippen LogP contribution in [-0.4, -0.2) is 43.7 Å². The molecule has 0 spiro atoms. The average Bonchev–Trinajstić information content (AvgIpc) is 2.65. The van der Waals surface area contributed by atoms with Gasteiger partial charge in [-0.15, -0.1) is 0 Å². The van der Waals surface area contributed by atoms with E-state index in [1.54, 1.807) is 0 Å². The van der Waals surface area contributed by atoms with E-state index in [0.29, 0.717) is 12.5 Å². The van der Waals surface area contributed by atoms with Gasteiger partial charge in [0.1, 0.15) is 5.75 Å². The zero-order chi connectivity index (χ0) is 18.1. The van der Waals surface area contributed by atoms with Gasteiger partial charge in [-0.3, -0.25) is 4.79 Å². The third-order valence-electron chi connectivity index (χ3n) is 5.15. The number of carbonyl (C=O) groups excluding carboxylic acids is 1.